The van der Waals surface area contributed by atoms with E-state index in [-0.39, 0.29) is 24.1 Å². The molecule has 2 fully saturated rings. The maximum atomic E-state index is 12.9. The second-order valence-electron chi connectivity index (χ2n) is 5.95. The van der Waals surface area contributed by atoms with Crippen LogP contribution >= 0.6 is 11.3 Å². The first-order chi connectivity index (χ1) is 11.7. The van der Waals surface area contributed by atoms with E-state index in [1.807, 2.05) is 6.92 Å². The Morgan fingerprint density at radius 3 is 2.38 bits per heavy atom. The Morgan fingerprint density at radius 2 is 1.79 bits per heavy atom. The smallest absolute Gasteiger partial charge is 0.208 e. The fourth-order valence-corrected chi connectivity index (χ4v) is 3.62. The molecule has 0 amide bonds. The van der Waals surface area contributed by atoms with Crippen LogP contribution in [0.3, 0.4) is 0 Å². The molecule has 3 heterocycles. The zero-order valence-electron chi connectivity index (χ0n) is 13.2. The molecule has 0 aliphatic carbocycles. The minimum Gasteiger partial charge on any atom is -0.486 e. The number of aryl methyl sites for hydroxylation is 1. The maximum Gasteiger partial charge on any atom is 0.208 e. The molecular weight excluding hydrogens is 333 g/mol. The lowest BCUT2D eigenvalue weighted by molar-refractivity contribution is -0.00461. The van der Waals surface area contributed by atoms with Crippen LogP contribution in [0.15, 0.2) is 24.3 Å². The highest BCUT2D eigenvalue weighted by atomic mass is 32.1. The monoisotopic (exact) mass is 351 g/mol. The molecule has 2 aliphatic rings. The number of aromatic nitrogens is 2. The highest BCUT2D eigenvalue weighted by Crippen LogP contribution is 2.28. The topological polar surface area (TPSA) is 56.7 Å². The van der Waals surface area contributed by atoms with Gasteiger partial charge in [-0.2, -0.15) is 0 Å². The van der Waals surface area contributed by atoms with E-state index in [0.717, 1.165) is 23.2 Å². The third kappa shape index (κ3) is 3.35. The largest absolute Gasteiger partial charge is 0.486 e. The van der Waals surface area contributed by atoms with Crippen LogP contribution in [0.4, 0.5) is 9.52 Å². The van der Waals surface area contributed by atoms with Gasteiger partial charge in [0, 0.05) is 13.1 Å². The Bertz CT molecular complexity index is 680. The number of rotatable bonds is 3. The molecule has 1 aromatic heterocycles. The summed E-state index contributed by atoms with van der Waals surface area (Å²) in [7, 11) is 0. The maximum absolute atomic E-state index is 12.9. The molecule has 0 N–H and O–H groups in total. The molecule has 0 unspecified atom stereocenters. The van der Waals surface area contributed by atoms with Gasteiger partial charge >= 0.3 is 0 Å². The molecule has 1 aromatic carbocycles. The highest BCUT2D eigenvalue weighted by molar-refractivity contribution is 7.15. The van der Waals surface area contributed by atoms with Crippen molar-refractivity contribution < 1.29 is 18.6 Å². The number of halogens is 1. The van der Waals surface area contributed by atoms with Crippen molar-refractivity contribution in [2.24, 2.45) is 0 Å². The average molecular weight is 351 g/mol. The molecular formula is C16H18FN3O3S. The fourth-order valence-electron chi connectivity index (χ4n) is 2.92. The highest BCUT2D eigenvalue weighted by Gasteiger charge is 2.39. The van der Waals surface area contributed by atoms with E-state index in [1.165, 1.54) is 12.1 Å². The summed E-state index contributed by atoms with van der Waals surface area (Å²) in [5.74, 6) is 0.337. The number of benzene rings is 1. The Labute approximate surface area is 143 Å². The predicted molar refractivity (Wildman–Crippen MR) is 87.2 cm³/mol. The third-order valence-electron chi connectivity index (χ3n) is 4.11. The van der Waals surface area contributed by atoms with Gasteiger partial charge in [0.15, 0.2) is 0 Å². The molecule has 8 heteroatoms. The van der Waals surface area contributed by atoms with Crippen molar-refractivity contribution in [2.75, 3.05) is 31.2 Å². The third-order valence-corrected chi connectivity index (χ3v) is 5.01. The summed E-state index contributed by atoms with van der Waals surface area (Å²) in [6, 6.07) is 5.98. The van der Waals surface area contributed by atoms with Crippen LogP contribution < -0.4 is 9.64 Å². The molecule has 24 heavy (non-hydrogen) atoms. The van der Waals surface area contributed by atoms with Crippen LogP contribution in [0.25, 0.3) is 0 Å². The van der Waals surface area contributed by atoms with Gasteiger partial charge in [0.25, 0.3) is 0 Å². The minimum absolute atomic E-state index is 0.00368. The number of hydrogen-bond acceptors (Lipinski definition) is 7. The van der Waals surface area contributed by atoms with E-state index in [4.69, 9.17) is 14.2 Å². The van der Waals surface area contributed by atoms with Gasteiger partial charge in [0.1, 0.15) is 34.9 Å². The normalized spacial score (nSPS) is 24.7. The summed E-state index contributed by atoms with van der Waals surface area (Å²) in [5.41, 5.74) is 0. The Kier molecular flexibility index (Phi) is 4.34. The quantitative estimate of drug-likeness (QED) is 0.843. The fraction of sp³-hybridized carbons (Fsp3) is 0.500. The summed E-state index contributed by atoms with van der Waals surface area (Å²) < 4.78 is 30.7. The number of anilines is 1. The molecule has 4 rings (SSSR count). The van der Waals surface area contributed by atoms with E-state index in [2.05, 4.69) is 15.1 Å². The molecule has 0 bridgehead atoms. The van der Waals surface area contributed by atoms with Gasteiger partial charge in [-0.05, 0) is 31.2 Å². The Hall–Kier alpha value is -1.77. The van der Waals surface area contributed by atoms with Crippen molar-refractivity contribution in [3.8, 4) is 5.75 Å². The van der Waals surface area contributed by atoms with E-state index in [1.54, 1.807) is 23.5 Å². The summed E-state index contributed by atoms with van der Waals surface area (Å²) in [6.07, 6.45) is -0.203. The van der Waals surface area contributed by atoms with Crippen molar-refractivity contribution in [1.82, 2.24) is 10.2 Å². The van der Waals surface area contributed by atoms with Gasteiger partial charge in [0.05, 0.1) is 13.2 Å². The SMILES string of the molecule is Cc1nnc(N2C[C@@H]3OCC(Oc4ccc(F)cc4)CO[C@H]3C2)s1. The minimum atomic E-state index is -0.280. The van der Waals surface area contributed by atoms with Crippen LogP contribution in [0.1, 0.15) is 5.01 Å². The summed E-state index contributed by atoms with van der Waals surface area (Å²) in [5, 5.41) is 10.1. The van der Waals surface area contributed by atoms with E-state index in [9.17, 15) is 4.39 Å². The van der Waals surface area contributed by atoms with Gasteiger partial charge in [0.2, 0.25) is 5.13 Å². The molecule has 0 spiro atoms. The Morgan fingerprint density at radius 1 is 1.12 bits per heavy atom. The van der Waals surface area contributed by atoms with E-state index < -0.39 is 0 Å². The van der Waals surface area contributed by atoms with Crippen molar-refractivity contribution in [1.29, 1.82) is 0 Å². The second-order valence-corrected chi connectivity index (χ2v) is 7.11. The number of hydrogen-bond donors (Lipinski definition) is 0. The summed E-state index contributed by atoms with van der Waals surface area (Å²) in [6.45, 7) is 4.31. The average Bonchev–Trinajstić information content (AvgIpc) is 3.14. The number of fused-ring (bicyclic) bond motifs is 1. The first kappa shape index (κ1) is 15.7. The number of nitrogens with zero attached hydrogens (tertiary/aromatic N) is 3. The lowest BCUT2D eigenvalue weighted by Crippen LogP contribution is -2.29. The molecule has 2 aromatic rings. The Balaban J connectivity index is 1.35. The number of ether oxygens (including phenoxy) is 3. The molecule has 0 radical (unpaired) electrons. The van der Waals surface area contributed by atoms with Gasteiger partial charge < -0.3 is 19.1 Å². The van der Waals surface area contributed by atoms with Gasteiger partial charge in [-0.1, -0.05) is 11.3 Å². The summed E-state index contributed by atoms with van der Waals surface area (Å²) in [4.78, 5) is 2.15. The summed E-state index contributed by atoms with van der Waals surface area (Å²) >= 11 is 1.58. The van der Waals surface area contributed by atoms with E-state index >= 15 is 0 Å². The van der Waals surface area contributed by atoms with Crippen molar-refractivity contribution in [3.63, 3.8) is 0 Å². The van der Waals surface area contributed by atoms with Gasteiger partial charge in [-0.15, -0.1) is 10.2 Å². The molecule has 6 nitrogen and oxygen atoms in total. The lowest BCUT2D eigenvalue weighted by atomic mass is 10.3. The lowest BCUT2D eigenvalue weighted by Gasteiger charge is -2.18. The van der Waals surface area contributed by atoms with Crippen LogP contribution in [0.2, 0.25) is 0 Å². The van der Waals surface area contributed by atoms with Crippen molar-refractivity contribution in [2.45, 2.75) is 25.2 Å². The first-order valence-corrected chi connectivity index (χ1v) is 8.69. The van der Waals surface area contributed by atoms with Crippen LogP contribution in [-0.2, 0) is 9.47 Å². The zero-order chi connectivity index (χ0) is 16.5. The van der Waals surface area contributed by atoms with Crippen LogP contribution in [0, 0.1) is 12.7 Å². The molecule has 0 saturated carbocycles. The predicted octanol–water partition coefficient (Wildman–Crippen LogP) is 2.04. The van der Waals surface area contributed by atoms with Crippen molar-refractivity contribution >= 4 is 16.5 Å². The molecule has 2 atom stereocenters. The van der Waals surface area contributed by atoms with Crippen LogP contribution in [0.5, 0.6) is 5.75 Å². The van der Waals surface area contributed by atoms with Crippen molar-refractivity contribution in [3.05, 3.63) is 35.1 Å². The zero-order valence-corrected chi connectivity index (χ0v) is 14.0. The second kappa shape index (κ2) is 6.62. The van der Waals surface area contributed by atoms with Gasteiger partial charge in [-0.3, -0.25) is 0 Å². The molecule has 2 saturated heterocycles. The van der Waals surface area contributed by atoms with Gasteiger partial charge in [-0.25, -0.2) is 4.39 Å². The molecule has 128 valence electrons. The standard InChI is InChI=1S/C16H18FN3O3S/c1-10-18-19-16(24-10)20-6-14-15(7-20)22-9-13(8-21-14)23-12-4-2-11(17)3-5-12/h2-5,13-15H,6-9H2,1H3/t14-,15-/m0/s1. The van der Waals surface area contributed by atoms with E-state index in [0.29, 0.717) is 19.0 Å². The first-order valence-electron chi connectivity index (χ1n) is 7.88. The van der Waals surface area contributed by atoms with Crippen LogP contribution in [-0.4, -0.2) is 54.8 Å². The molecule has 2 aliphatic heterocycles.